The summed E-state index contributed by atoms with van der Waals surface area (Å²) >= 11 is 0. The highest BCUT2D eigenvalue weighted by Gasteiger charge is 2.22. The Bertz CT molecular complexity index is 595. The van der Waals surface area contributed by atoms with E-state index in [2.05, 4.69) is 10.3 Å². The molecule has 2 heterocycles. The molecule has 3 rings (SSSR count). The minimum absolute atomic E-state index is 0.0980. The fraction of sp³-hybridized carbons (Fsp3) is 0.0769. The minimum Gasteiger partial charge on any atom is -0.327 e. The summed E-state index contributed by atoms with van der Waals surface area (Å²) in [5.74, 6) is 0.657. The molecule has 0 bridgehead atoms. The number of para-hydroxylation sites is 1. The molecular formula is C13H11N3O. The molecule has 0 atom stereocenters. The molecule has 1 amide bonds. The maximum absolute atomic E-state index is 12.0. The maximum Gasteiger partial charge on any atom is 0.257 e. The Morgan fingerprint density at radius 1 is 1.18 bits per heavy atom. The average molecular weight is 225 g/mol. The van der Waals surface area contributed by atoms with Gasteiger partial charge in [-0.1, -0.05) is 12.1 Å². The van der Waals surface area contributed by atoms with Crippen molar-refractivity contribution in [1.29, 1.82) is 0 Å². The van der Waals surface area contributed by atoms with Crippen LogP contribution in [0.5, 0.6) is 0 Å². The summed E-state index contributed by atoms with van der Waals surface area (Å²) < 4.78 is 0. The molecule has 1 aliphatic rings. The van der Waals surface area contributed by atoms with E-state index in [1.54, 1.807) is 6.20 Å². The number of nitrogens with one attached hydrogen (secondary N) is 1. The zero-order valence-electron chi connectivity index (χ0n) is 9.34. The van der Waals surface area contributed by atoms with Crippen molar-refractivity contribution >= 4 is 23.1 Å². The molecule has 1 aromatic carbocycles. The van der Waals surface area contributed by atoms with Crippen molar-refractivity contribution < 1.29 is 4.79 Å². The Morgan fingerprint density at radius 2 is 2.00 bits per heavy atom. The predicted molar refractivity (Wildman–Crippen MR) is 66.7 cm³/mol. The molecule has 0 saturated carbocycles. The Kier molecular flexibility index (Phi) is 2.08. The van der Waals surface area contributed by atoms with Crippen LogP contribution in [0.15, 0.2) is 42.6 Å². The zero-order chi connectivity index (χ0) is 11.8. The zero-order valence-corrected chi connectivity index (χ0v) is 9.34. The second kappa shape index (κ2) is 3.59. The number of benzene rings is 1. The molecule has 4 heteroatoms. The van der Waals surface area contributed by atoms with Crippen LogP contribution in [0.25, 0.3) is 0 Å². The monoisotopic (exact) mass is 225 g/mol. The Morgan fingerprint density at radius 3 is 2.88 bits per heavy atom. The Labute approximate surface area is 98.9 Å². The molecule has 0 radical (unpaired) electrons. The van der Waals surface area contributed by atoms with Crippen LogP contribution in [-0.2, 0) is 0 Å². The summed E-state index contributed by atoms with van der Waals surface area (Å²) in [5.41, 5.74) is 2.26. The van der Waals surface area contributed by atoms with Gasteiger partial charge in [-0.3, -0.25) is 4.79 Å². The number of hydrogen-bond donors (Lipinski definition) is 1. The van der Waals surface area contributed by atoms with Crippen LogP contribution in [0.2, 0.25) is 0 Å². The van der Waals surface area contributed by atoms with Gasteiger partial charge < -0.3 is 10.2 Å². The number of amides is 1. The lowest BCUT2D eigenvalue weighted by Crippen LogP contribution is -2.12. The highest BCUT2D eigenvalue weighted by Crippen LogP contribution is 2.34. The van der Waals surface area contributed by atoms with Gasteiger partial charge in [-0.2, -0.15) is 0 Å². The van der Waals surface area contributed by atoms with Gasteiger partial charge in [0, 0.05) is 13.2 Å². The number of anilines is 3. The van der Waals surface area contributed by atoms with Gasteiger partial charge in [-0.15, -0.1) is 0 Å². The lowest BCUT2D eigenvalue weighted by Gasteiger charge is -2.18. The van der Waals surface area contributed by atoms with Crippen LogP contribution in [0, 0.1) is 0 Å². The predicted octanol–water partition coefficient (Wildman–Crippen LogP) is 2.42. The first kappa shape index (κ1) is 9.84. The van der Waals surface area contributed by atoms with Gasteiger partial charge in [0.2, 0.25) is 0 Å². The topological polar surface area (TPSA) is 45.2 Å². The third-order valence-corrected chi connectivity index (χ3v) is 2.86. The minimum atomic E-state index is -0.0980. The molecule has 1 N–H and O–H groups in total. The van der Waals surface area contributed by atoms with Crippen molar-refractivity contribution in [3.05, 3.63) is 48.2 Å². The van der Waals surface area contributed by atoms with Crippen LogP contribution in [0.4, 0.5) is 17.2 Å². The molecular weight excluding hydrogens is 214 g/mol. The maximum atomic E-state index is 12.0. The van der Waals surface area contributed by atoms with Gasteiger partial charge in [-0.25, -0.2) is 4.98 Å². The largest absolute Gasteiger partial charge is 0.327 e. The van der Waals surface area contributed by atoms with Crippen LogP contribution in [0.1, 0.15) is 10.4 Å². The molecule has 0 fully saturated rings. The fourth-order valence-corrected chi connectivity index (χ4v) is 2.02. The smallest absolute Gasteiger partial charge is 0.257 e. The lowest BCUT2D eigenvalue weighted by atomic mass is 10.1. The van der Waals surface area contributed by atoms with Crippen molar-refractivity contribution in [3.8, 4) is 0 Å². The second-order valence-corrected chi connectivity index (χ2v) is 3.90. The van der Waals surface area contributed by atoms with Gasteiger partial charge in [0.1, 0.15) is 0 Å². The normalized spacial score (nSPS) is 13.5. The summed E-state index contributed by atoms with van der Waals surface area (Å²) in [6.07, 6.45) is 1.72. The standard InChI is InChI=1S/C13H11N3O/c1-16-11-7-3-2-5-9(11)13(17)15-10-6-4-8-14-12(10)16/h2-8H,1H3,(H,15,17). The number of carbonyl (C=O) groups is 1. The average Bonchev–Trinajstić information content (AvgIpc) is 2.48. The molecule has 1 aliphatic heterocycles. The number of hydrogen-bond acceptors (Lipinski definition) is 3. The highest BCUT2D eigenvalue weighted by molar-refractivity contribution is 6.11. The Hall–Kier alpha value is -2.36. The van der Waals surface area contributed by atoms with Crippen molar-refractivity contribution in [2.24, 2.45) is 0 Å². The SMILES string of the molecule is CN1c2ccccc2C(=O)Nc2cccnc21. The molecule has 84 valence electrons. The van der Waals surface area contributed by atoms with Gasteiger partial charge in [0.15, 0.2) is 5.82 Å². The number of fused-ring (bicyclic) bond motifs is 2. The summed E-state index contributed by atoms with van der Waals surface area (Å²) in [6, 6.07) is 11.2. The van der Waals surface area contributed by atoms with Crippen LogP contribution >= 0.6 is 0 Å². The summed E-state index contributed by atoms with van der Waals surface area (Å²) in [5, 5.41) is 2.87. The van der Waals surface area contributed by atoms with Gasteiger partial charge >= 0.3 is 0 Å². The van der Waals surface area contributed by atoms with Gasteiger partial charge in [0.25, 0.3) is 5.91 Å². The van der Waals surface area contributed by atoms with E-state index in [0.717, 1.165) is 17.2 Å². The van der Waals surface area contributed by atoms with E-state index in [-0.39, 0.29) is 5.91 Å². The second-order valence-electron chi connectivity index (χ2n) is 3.90. The lowest BCUT2D eigenvalue weighted by molar-refractivity contribution is 0.102. The first-order valence-corrected chi connectivity index (χ1v) is 5.36. The van der Waals surface area contributed by atoms with Crippen molar-refractivity contribution in [2.45, 2.75) is 0 Å². The van der Waals surface area contributed by atoms with Gasteiger partial charge in [0.05, 0.1) is 16.9 Å². The summed E-state index contributed by atoms with van der Waals surface area (Å²) in [7, 11) is 1.91. The highest BCUT2D eigenvalue weighted by atomic mass is 16.1. The van der Waals surface area contributed by atoms with E-state index < -0.39 is 0 Å². The summed E-state index contributed by atoms with van der Waals surface area (Å²) in [6.45, 7) is 0. The van der Waals surface area contributed by atoms with Crippen molar-refractivity contribution in [2.75, 3.05) is 17.3 Å². The number of nitrogens with zero attached hydrogens (tertiary/aromatic N) is 2. The molecule has 0 aliphatic carbocycles. The van der Waals surface area contributed by atoms with E-state index in [4.69, 9.17) is 0 Å². The van der Waals surface area contributed by atoms with E-state index in [1.807, 2.05) is 48.3 Å². The molecule has 2 aromatic rings. The van der Waals surface area contributed by atoms with Crippen molar-refractivity contribution in [3.63, 3.8) is 0 Å². The first-order valence-electron chi connectivity index (χ1n) is 5.36. The molecule has 17 heavy (non-hydrogen) atoms. The van der Waals surface area contributed by atoms with Crippen LogP contribution in [0.3, 0.4) is 0 Å². The van der Waals surface area contributed by atoms with Crippen LogP contribution < -0.4 is 10.2 Å². The molecule has 0 spiro atoms. The molecule has 1 aromatic heterocycles. The third kappa shape index (κ3) is 1.45. The van der Waals surface area contributed by atoms with Crippen molar-refractivity contribution in [1.82, 2.24) is 4.98 Å². The number of rotatable bonds is 0. The quantitative estimate of drug-likeness (QED) is 0.748. The van der Waals surface area contributed by atoms with Crippen LogP contribution in [-0.4, -0.2) is 17.9 Å². The Balaban J connectivity index is 2.26. The third-order valence-electron chi connectivity index (χ3n) is 2.86. The number of carbonyl (C=O) groups excluding carboxylic acids is 1. The molecule has 4 nitrogen and oxygen atoms in total. The molecule has 0 unspecified atom stereocenters. The van der Waals surface area contributed by atoms with E-state index in [0.29, 0.717) is 5.56 Å². The van der Waals surface area contributed by atoms with E-state index in [9.17, 15) is 4.79 Å². The number of pyridine rings is 1. The number of aromatic nitrogens is 1. The van der Waals surface area contributed by atoms with E-state index in [1.165, 1.54) is 0 Å². The molecule has 0 saturated heterocycles. The van der Waals surface area contributed by atoms with E-state index >= 15 is 0 Å². The fourth-order valence-electron chi connectivity index (χ4n) is 2.02. The van der Waals surface area contributed by atoms with Gasteiger partial charge in [-0.05, 0) is 24.3 Å². The first-order chi connectivity index (χ1) is 8.27. The summed E-state index contributed by atoms with van der Waals surface area (Å²) in [4.78, 5) is 18.3.